The number of carbonyl (C=O) groups is 2. The lowest BCUT2D eigenvalue weighted by molar-refractivity contribution is -0.140. The third kappa shape index (κ3) is 2.95. The highest BCUT2D eigenvalue weighted by atomic mass is 19.1. The van der Waals surface area contributed by atoms with Crippen molar-refractivity contribution in [2.75, 3.05) is 13.7 Å². The molecule has 0 bridgehead atoms. The molecule has 0 aromatic heterocycles. The van der Waals surface area contributed by atoms with Gasteiger partial charge < -0.3 is 14.7 Å². The molecule has 3 rings (SSSR count). The summed E-state index contributed by atoms with van der Waals surface area (Å²) in [5.41, 5.74) is 0.187. The summed E-state index contributed by atoms with van der Waals surface area (Å²) in [4.78, 5) is 25.8. The van der Waals surface area contributed by atoms with Crippen LogP contribution in [0.3, 0.4) is 0 Å². The molecule has 124 valence electrons. The lowest BCUT2D eigenvalue weighted by atomic mass is 9.93. The molecule has 6 heteroatoms. The molecule has 2 fully saturated rings. The predicted molar refractivity (Wildman–Crippen MR) is 80.5 cm³/mol. The first-order chi connectivity index (χ1) is 11.0. The maximum Gasteiger partial charge on any atom is 0.305 e. The number of carboxylic acids is 1. The first-order valence-corrected chi connectivity index (χ1v) is 7.78. The van der Waals surface area contributed by atoms with E-state index >= 15 is 0 Å². The maximum atomic E-state index is 13.1. The zero-order valence-electron chi connectivity index (χ0n) is 13.0. The second kappa shape index (κ2) is 5.92. The van der Waals surface area contributed by atoms with Crippen LogP contribution in [0.15, 0.2) is 24.3 Å². The first kappa shape index (κ1) is 15.9. The fourth-order valence-electron chi connectivity index (χ4n) is 3.48. The average molecular weight is 321 g/mol. The third-order valence-corrected chi connectivity index (χ3v) is 4.94. The molecule has 1 amide bonds. The number of carbonyl (C=O) groups excluding carboxylic acids is 1. The van der Waals surface area contributed by atoms with Gasteiger partial charge in [0.1, 0.15) is 5.82 Å². The fraction of sp³-hybridized carbons (Fsp3) is 0.529. The van der Waals surface area contributed by atoms with Crippen LogP contribution >= 0.6 is 0 Å². The van der Waals surface area contributed by atoms with E-state index in [4.69, 9.17) is 9.84 Å². The van der Waals surface area contributed by atoms with E-state index in [1.807, 2.05) is 0 Å². The molecule has 1 saturated heterocycles. The highest BCUT2D eigenvalue weighted by molar-refractivity contribution is 5.92. The number of benzene rings is 1. The molecule has 1 aliphatic heterocycles. The summed E-state index contributed by atoms with van der Waals surface area (Å²) in [5.74, 6) is -1.31. The number of aliphatic carboxylic acids is 1. The molecule has 1 heterocycles. The van der Waals surface area contributed by atoms with Crippen molar-refractivity contribution >= 4 is 11.9 Å². The predicted octanol–water partition coefficient (Wildman–Crippen LogP) is 1.95. The Morgan fingerprint density at radius 1 is 1.35 bits per heavy atom. The van der Waals surface area contributed by atoms with Gasteiger partial charge in [-0.05, 0) is 37.0 Å². The Morgan fingerprint density at radius 3 is 2.52 bits per heavy atom. The quantitative estimate of drug-likeness (QED) is 0.900. The lowest BCUT2D eigenvalue weighted by Crippen LogP contribution is -2.43. The summed E-state index contributed by atoms with van der Waals surface area (Å²) < 4.78 is 18.4. The summed E-state index contributed by atoms with van der Waals surface area (Å²) in [5, 5.41) is 9.08. The molecule has 0 radical (unpaired) electrons. The van der Waals surface area contributed by atoms with Crippen LogP contribution in [-0.4, -0.2) is 47.7 Å². The molecule has 2 atom stereocenters. The number of likely N-dealkylation sites (tertiary alicyclic amines) is 1. The molecule has 2 unspecified atom stereocenters. The SMILES string of the molecule is COC1CC(CC(=O)O)N(C(=O)C2(c3ccc(F)cc3)CC2)C1. The van der Waals surface area contributed by atoms with Crippen LogP contribution in [0.25, 0.3) is 0 Å². The Balaban J connectivity index is 1.83. The normalized spacial score (nSPS) is 25.4. The minimum Gasteiger partial charge on any atom is -0.481 e. The van der Waals surface area contributed by atoms with Gasteiger partial charge in [0.2, 0.25) is 5.91 Å². The smallest absolute Gasteiger partial charge is 0.305 e. The van der Waals surface area contributed by atoms with Gasteiger partial charge in [-0.25, -0.2) is 4.39 Å². The van der Waals surface area contributed by atoms with Crippen molar-refractivity contribution in [3.05, 3.63) is 35.6 Å². The van der Waals surface area contributed by atoms with Crippen molar-refractivity contribution in [1.29, 1.82) is 0 Å². The standard InChI is InChI=1S/C17H20FNO4/c1-23-14-8-13(9-15(20)21)19(10-14)16(22)17(6-7-17)11-2-4-12(18)5-3-11/h2-5,13-14H,6-10H2,1H3,(H,20,21). The van der Waals surface area contributed by atoms with Crippen LogP contribution < -0.4 is 0 Å². The molecule has 5 nitrogen and oxygen atoms in total. The van der Waals surface area contributed by atoms with Crippen LogP contribution in [0, 0.1) is 5.82 Å². The van der Waals surface area contributed by atoms with Crippen molar-refractivity contribution in [3.63, 3.8) is 0 Å². The van der Waals surface area contributed by atoms with Crippen LogP contribution in [0.5, 0.6) is 0 Å². The summed E-state index contributed by atoms with van der Waals surface area (Å²) in [6, 6.07) is 5.67. The van der Waals surface area contributed by atoms with E-state index in [0.29, 0.717) is 25.8 Å². The van der Waals surface area contributed by atoms with E-state index in [2.05, 4.69) is 0 Å². The van der Waals surface area contributed by atoms with E-state index < -0.39 is 11.4 Å². The fourth-order valence-corrected chi connectivity index (χ4v) is 3.48. The number of ether oxygens (including phenoxy) is 1. The lowest BCUT2D eigenvalue weighted by Gasteiger charge is -2.28. The van der Waals surface area contributed by atoms with Gasteiger partial charge in [-0.3, -0.25) is 9.59 Å². The minimum atomic E-state index is -0.920. The van der Waals surface area contributed by atoms with Crippen molar-refractivity contribution in [3.8, 4) is 0 Å². The van der Waals surface area contributed by atoms with E-state index in [-0.39, 0.29) is 30.3 Å². The van der Waals surface area contributed by atoms with Crippen molar-refractivity contribution in [1.82, 2.24) is 4.90 Å². The molecule has 1 aromatic rings. The molecule has 1 aliphatic carbocycles. The topological polar surface area (TPSA) is 66.8 Å². The third-order valence-electron chi connectivity index (χ3n) is 4.94. The average Bonchev–Trinajstić information content (AvgIpc) is 3.23. The highest BCUT2D eigenvalue weighted by Gasteiger charge is 2.55. The number of carboxylic acid groups (broad SMARTS) is 1. The highest BCUT2D eigenvalue weighted by Crippen LogP contribution is 2.50. The number of amides is 1. The number of nitrogens with zero attached hydrogens (tertiary/aromatic N) is 1. The van der Waals surface area contributed by atoms with Gasteiger partial charge in [-0.1, -0.05) is 12.1 Å². The monoisotopic (exact) mass is 321 g/mol. The summed E-state index contributed by atoms with van der Waals surface area (Å²) in [7, 11) is 1.57. The Morgan fingerprint density at radius 2 is 2.00 bits per heavy atom. The number of hydrogen-bond acceptors (Lipinski definition) is 3. The maximum absolute atomic E-state index is 13.1. The first-order valence-electron chi connectivity index (χ1n) is 7.78. The Hall–Kier alpha value is -1.95. The van der Waals surface area contributed by atoms with Crippen LogP contribution in [0.1, 0.15) is 31.2 Å². The Kier molecular flexibility index (Phi) is 4.10. The Bertz CT molecular complexity index is 612. The van der Waals surface area contributed by atoms with Gasteiger partial charge in [-0.2, -0.15) is 0 Å². The second-order valence-corrected chi connectivity index (χ2v) is 6.39. The van der Waals surface area contributed by atoms with E-state index in [1.165, 1.54) is 12.1 Å². The van der Waals surface area contributed by atoms with Gasteiger partial charge in [0.05, 0.1) is 17.9 Å². The second-order valence-electron chi connectivity index (χ2n) is 6.39. The van der Waals surface area contributed by atoms with Crippen LogP contribution in [-0.2, 0) is 19.7 Å². The number of hydrogen-bond donors (Lipinski definition) is 1. The van der Waals surface area contributed by atoms with Gasteiger partial charge in [-0.15, -0.1) is 0 Å². The molecule has 23 heavy (non-hydrogen) atoms. The van der Waals surface area contributed by atoms with Crippen LogP contribution in [0.2, 0.25) is 0 Å². The zero-order chi connectivity index (χ0) is 16.6. The number of halogens is 1. The van der Waals surface area contributed by atoms with Gasteiger partial charge in [0, 0.05) is 19.7 Å². The summed E-state index contributed by atoms with van der Waals surface area (Å²) in [6.45, 7) is 0.413. The summed E-state index contributed by atoms with van der Waals surface area (Å²) >= 11 is 0. The molecular weight excluding hydrogens is 301 g/mol. The van der Waals surface area contributed by atoms with E-state index in [9.17, 15) is 14.0 Å². The molecule has 1 N–H and O–H groups in total. The number of rotatable bonds is 5. The minimum absolute atomic E-state index is 0.0603. The summed E-state index contributed by atoms with van der Waals surface area (Å²) in [6.07, 6.45) is 1.75. The van der Waals surface area contributed by atoms with Crippen LogP contribution in [0.4, 0.5) is 4.39 Å². The molecule has 1 aromatic carbocycles. The van der Waals surface area contributed by atoms with Crippen molar-refractivity contribution < 1.29 is 23.8 Å². The van der Waals surface area contributed by atoms with Gasteiger partial charge in [0.15, 0.2) is 0 Å². The Labute approximate surface area is 134 Å². The van der Waals surface area contributed by atoms with Gasteiger partial charge >= 0.3 is 5.97 Å². The molecule has 1 saturated carbocycles. The van der Waals surface area contributed by atoms with Crippen molar-refractivity contribution in [2.45, 2.75) is 43.2 Å². The van der Waals surface area contributed by atoms with E-state index in [1.54, 1.807) is 24.1 Å². The molecule has 0 spiro atoms. The molecule has 2 aliphatic rings. The zero-order valence-corrected chi connectivity index (χ0v) is 13.0. The largest absolute Gasteiger partial charge is 0.481 e. The van der Waals surface area contributed by atoms with E-state index in [0.717, 1.165) is 5.56 Å². The number of methoxy groups -OCH3 is 1. The van der Waals surface area contributed by atoms with Crippen molar-refractivity contribution in [2.24, 2.45) is 0 Å². The van der Waals surface area contributed by atoms with Gasteiger partial charge in [0.25, 0.3) is 0 Å². The molecular formula is C17H20FNO4.